The highest BCUT2D eigenvalue weighted by Crippen LogP contribution is 2.35. The van der Waals surface area contributed by atoms with Gasteiger partial charge in [0.15, 0.2) is 17.2 Å². The van der Waals surface area contributed by atoms with E-state index in [-0.39, 0.29) is 5.56 Å². The Morgan fingerprint density at radius 2 is 1.58 bits per heavy atom. The second-order valence-corrected chi connectivity index (χ2v) is 5.46. The van der Waals surface area contributed by atoms with Crippen molar-refractivity contribution in [1.29, 1.82) is 0 Å². The number of morpholine rings is 1. The van der Waals surface area contributed by atoms with Gasteiger partial charge in [-0.25, -0.2) is 0 Å². The van der Waals surface area contributed by atoms with E-state index in [1.807, 2.05) is 12.1 Å². The number of nitrogens with one attached hydrogen (secondary N) is 1. The topological polar surface area (TPSA) is 102 Å². The molecule has 1 amide bonds. The molecule has 4 N–H and O–H groups in total. The molecule has 0 spiro atoms. The molecule has 2 aromatic carbocycles. The molecule has 24 heavy (non-hydrogen) atoms. The molecule has 0 aliphatic carbocycles. The number of benzene rings is 2. The summed E-state index contributed by atoms with van der Waals surface area (Å²) in [4.78, 5) is 14.4. The average molecular weight is 330 g/mol. The Morgan fingerprint density at radius 3 is 2.17 bits per heavy atom. The fraction of sp³-hybridized carbons (Fsp3) is 0.235. The molecule has 0 aromatic heterocycles. The summed E-state index contributed by atoms with van der Waals surface area (Å²) in [5, 5.41) is 30.9. The zero-order valence-electron chi connectivity index (χ0n) is 12.9. The lowest BCUT2D eigenvalue weighted by Crippen LogP contribution is -2.36. The van der Waals surface area contributed by atoms with Crippen molar-refractivity contribution in [3.05, 3.63) is 42.0 Å². The minimum absolute atomic E-state index is 0.0417. The first-order valence-electron chi connectivity index (χ1n) is 7.53. The van der Waals surface area contributed by atoms with Crippen LogP contribution in [0.1, 0.15) is 10.4 Å². The number of aromatic hydroxyl groups is 3. The van der Waals surface area contributed by atoms with Crippen molar-refractivity contribution in [3.63, 3.8) is 0 Å². The normalized spacial score (nSPS) is 14.4. The van der Waals surface area contributed by atoms with Crippen LogP contribution in [0.25, 0.3) is 0 Å². The van der Waals surface area contributed by atoms with Gasteiger partial charge in [0.1, 0.15) is 0 Å². The third-order valence-electron chi connectivity index (χ3n) is 3.83. The van der Waals surface area contributed by atoms with Crippen molar-refractivity contribution in [2.75, 3.05) is 36.5 Å². The molecule has 1 aliphatic heterocycles. The summed E-state index contributed by atoms with van der Waals surface area (Å²) in [5.74, 6) is -2.26. The van der Waals surface area contributed by atoms with E-state index in [0.717, 1.165) is 30.9 Å². The number of carbonyl (C=O) groups is 1. The van der Waals surface area contributed by atoms with Gasteiger partial charge in [0, 0.05) is 30.0 Å². The Balaban J connectivity index is 1.70. The minimum Gasteiger partial charge on any atom is -0.504 e. The maximum Gasteiger partial charge on any atom is 0.255 e. The summed E-state index contributed by atoms with van der Waals surface area (Å²) in [7, 11) is 0. The number of hydrogen-bond acceptors (Lipinski definition) is 6. The van der Waals surface area contributed by atoms with Crippen LogP contribution in [0, 0.1) is 0 Å². The number of phenols is 3. The first kappa shape index (κ1) is 15.9. The van der Waals surface area contributed by atoms with Crippen molar-refractivity contribution in [3.8, 4) is 17.2 Å². The van der Waals surface area contributed by atoms with Crippen LogP contribution in [0.5, 0.6) is 17.2 Å². The summed E-state index contributed by atoms with van der Waals surface area (Å²) in [6.07, 6.45) is 0. The molecule has 1 aliphatic rings. The van der Waals surface area contributed by atoms with Gasteiger partial charge in [-0.3, -0.25) is 4.79 Å². The lowest BCUT2D eigenvalue weighted by Gasteiger charge is -2.28. The lowest BCUT2D eigenvalue weighted by molar-refractivity contribution is 0.102. The number of phenolic OH excluding ortho intramolecular Hbond substituents is 3. The van der Waals surface area contributed by atoms with E-state index < -0.39 is 23.2 Å². The lowest BCUT2D eigenvalue weighted by atomic mass is 10.1. The molecule has 1 saturated heterocycles. The molecule has 2 aromatic rings. The van der Waals surface area contributed by atoms with Crippen LogP contribution in [0.2, 0.25) is 0 Å². The molecule has 0 bridgehead atoms. The zero-order chi connectivity index (χ0) is 17.1. The first-order valence-corrected chi connectivity index (χ1v) is 7.53. The Labute approximate surface area is 138 Å². The molecular formula is C17H18N2O5. The summed E-state index contributed by atoms with van der Waals surface area (Å²) < 4.78 is 5.32. The predicted octanol–water partition coefficient (Wildman–Crippen LogP) is 1.89. The quantitative estimate of drug-likeness (QED) is 0.641. The standard InChI is InChI=1S/C17H18N2O5/c20-14-9-11(10-15(21)16(14)22)17(23)18-12-1-3-13(4-2-12)19-5-7-24-8-6-19/h1-4,9-10,20-22H,5-8H2,(H,18,23). The molecule has 1 fully saturated rings. The zero-order valence-corrected chi connectivity index (χ0v) is 12.9. The molecule has 0 radical (unpaired) electrons. The fourth-order valence-electron chi connectivity index (χ4n) is 2.52. The van der Waals surface area contributed by atoms with Gasteiger partial charge in [0.05, 0.1) is 13.2 Å². The van der Waals surface area contributed by atoms with Gasteiger partial charge in [-0.2, -0.15) is 0 Å². The van der Waals surface area contributed by atoms with E-state index in [4.69, 9.17) is 4.74 Å². The monoisotopic (exact) mass is 330 g/mol. The van der Waals surface area contributed by atoms with Crippen LogP contribution >= 0.6 is 0 Å². The SMILES string of the molecule is O=C(Nc1ccc(N2CCOCC2)cc1)c1cc(O)c(O)c(O)c1. The van der Waals surface area contributed by atoms with Crippen LogP contribution in [0.15, 0.2) is 36.4 Å². The van der Waals surface area contributed by atoms with Crippen LogP contribution in [-0.4, -0.2) is 47.5 Å². The number of rotatable bonds is 3. The summed E-state index contributed by atoms with van der Waals surface area (Å²) in [6, 6.07) is 9.56. The maximum atomic E-state index is 12.2. The van der Waals surface area contributed by atoms with Gasteiger partial charge in [0.25, 0.3) is 5.91 Å². The number of hydrogen-bond donors (Lipinski definition) is 4. The second-order valence-electron chi connectivity index (χ2n) is 5.46. The Kier molecular flexibility index (Phi) is 4.43. The van der Waals surface area contributed by atoms with E-state index in [1.165, 1.54) is 0 Å². The van der Waals surface area contributed by atoms with Crippen molar-refractivity contribution >= 4 is 17.3 Å². The van der Waals surface area contributed by atoms with Gasteiger partial charge >= 0.3 is 0 Å². The van der Waals surface area contributed by atoms with Gasteiger partial charge in [-0.05, 0) is 36.4 Å². The van der Waals surface area contributed by atoms with Crippen LogP contribution in [0.4, 0.5) is 11.4 Å². The van der Waals surface area contributed by atoms with Gasteiger partial charge in [-0.1, -0.05) is 0 Å². The number of nitrogens with zero attached hydrogens (tertiary/aromatic N) is 1. The van der Waals surface area contributed by atoms with Crippen LogP contribution in [-0.2, 0) is 4.74 Å². The van der Waals surface area contributed by atoms with E-state index in [2.05, 4.69) is 10.2 Å². The van der Waals surface area contributed by atoms with E-state index in [9.17, 15) is 20.1 Å². The molecule has 1 heterocycles. The van der Waals surface area contributed by atoms with Gasteiger partial charge in [0.2, 0.25) is 0 Å². The Morgan fingerprint density at radius 1 is 1.00 bits per heavy atom. The maximum absolute atomic E-state index is 12.2. The molecule has 0 unspecified atom stereocenters. The van der Waals surface area contributed by atoms with Gasteiger partial charge < -0.3 is 30.3 Å². The van der Waals surface area contributed by atoms with E-state index in [0.29, 0.717) is 18.9 Å². The third-order valence-corrected chi connectivity index (χ3v) is 3.83. The van der Waals surface area contributed by atoms with Crippen molar-refractivity contribution < 1.29 is 24.9 Å². The summed E-state index contributed by atoms with van der Waals surface area (Å²) >= 11 is 0. The number of amides is 1. The molecule has 7 nitrogen and oxygen atoms in total. The molecule has 0 atom stereocenters. The van der Waals surface area contributed by atoms with Crippen LogP contribution < -0.4 is 10.2 Å². The first-order chi connectivity index (χ1) is 11.5. The molecule has 126 valence electrons. The van der Waals surface area contributed by atoms with Gasteiger partial charge in [-0.15, -0.1) is 0 Å². The molecule has 0 saturated carbocycles. The third kappa shape index (κ3) is 3.36. The smallest absolute Gasteiger partial charge is 0.255 e. The number of carbonyl (C=O) groups excluding carboxylic acids is 1. The highest BCUT2D eigenvalue weighted by Gasteiger charge is 2.14. The molecule has 3 rings (SSSR count). The summed E-state index contributed by atoms with van der Waals surface area (Å²) in [5.41, 5.74) is 1.68. The second kappa shape index (κ2) is 6.67. The Bertz CT molecular complexity index is 716. The molecular weight excluding hydrogens is 312 g/mol. The Hall–Kier alpha value is -2.93. The van der Waals surface area contributed by atoms with Crippen molar-refractivity contribution in [2.24, 2.45) is 0 Å². The van der Waals surface area contributed by atoms with E-state index in [1.54, 1.807) is 12.1 Å². The summed E-state index contributed by atoms with van der Waals surface area (Å²) in [6.45, 7) is 3.06. The predicted molar refractivity (Wildman–Crippen MR) is 88.9 cm³/mol. The largest absolute Gasteiger partial charge is 0.504 e. The highest BCUT2D eigenvalue weighted by molar-refractivity contribution is 6.05. The van der Waals surface area contributed by atoms with Crippen molar-refractivity contribution in [1.82, 2.24) is 0 Å². The fourth-order valence-corrected chi connectivity index (χ4v) is 2.52. The number of anilines is 2. The van der Waals surface area contributed by atoms with Crippen molar-refractivity contribution in [2.45, 2.75) is 0 Å². The number of ether oxygens (including phenoxy) is 1. The molecule has 7 heteroatoms. The minimum atomic E-state index is -0.651. The van der Waals surface area contributed by atoms with E-state index >= 15 is 0 Å². The van der Waals surface area contributed by atoms with Crippen LogP contribution in [0.3, 0.4) is 0 Å². The highest BCUT2D eigenvalue weighted by atomic mass is 16.5. The average Bonchev–Trinajstić information content (AvgIpc) is 2.60.